The van der Waals surface area contributed by atoms with E-state index in [2.05, 4.69) is 208 Å². The molecule has 0 nitrogen and oxygen atoms in total. The van der Waals surface area contributed by atoms with Crippen molar-refractivity contribution < 1.29 is 0 Å². The lowest BCUT2D eigenvalue weighted by molar-refractivity contribution is 0.199. The van der Waals surface area contributed by atoms with Crippen LogP contribution in [-0.4, -0.2) is 0 Å². The van der Waals surface area contributed by atoms with Crippen LogP contribution in [-0.2, 0) is 0 Å². The molecule has 1 aliphatic rings. The molecule has 5 unspecified atom stereocenters. The second-order valence-corrected chi connectivity index (χ2v) is 25.0. The van der Waals surface area contributed by atoms with Gasteiger partial charge < -0.3 is 0 Å². The minimum atomic E-state index is 0.480. The number of hydrogen-bond acceptors (Lipinski definition) is 0. The summed E-state index contributed by atoms with van der Waals surface area (Å²) in [6.07, 6.45) is 25.2. The molecule has 1 aliphatic carbocycles. The molecule has 0 amide bonds. The molecular formula is C61H136. The van der Waals surface area contributed by atoms with Crippen LogP contribution in [0.4, 0.5) is 0 Å². The molecule has 0 saturated heterocycles. The Bertz CT molecular complexity index is 753. The zero-order valence-electron chi connectivity index (χ0n) is 50.0. The predicted octanol–water partition coefficient (Wildman–Crippen LogP) is 23.6. The highest BCUT2D eigenvalue weighted by molar-refractivity contribution is 4.72. The van der Waals surface area contributed by atoms with E-state index in [4.69, 9.17) is 0 Å². The molecule has 0 N–H and O–H groups in total. The smallest absolute Gasteiger partial charge is 0.0354 e. The molecule has 1 rings (SSSR count). The first-order valence-electron chi connectivity index (χ1n) is 27.7. The van der Waals surface area contributed by atoms with E-state index in [1.165, 1.54) is 116 Å². The van der Waals surface area contributed by atoms with Gasteiger partial charge in [-0.1, -0.05) is 317 Å². The highest BCUT2D eigenvalue weighted by atomic mass is 14.3. The van der Waals surface area contributed by atoms with E-state index < -0.39 is 0 Å². The minimum Gasteiger partial charge on any atom is -0.0654 e. The first-order valence-corrected chi connectivity index (χ1v) is 27.7. The van der Waals surface area contributed by atoms with E-state index >= 15 is 0 Å². The van der Waals surface area contributed by atoms with Crippen molar-refractivity contribution in [1.82, 2.24) is 0 Å². The summed E-state index contributed by atoms with van der Waals surface area (Å²) >= 11 is 0. The van der Waals surface area contributed by atoms with Crippen molar-refractivity contribution in [1.29, 1.82) is 0 Å². The van der Waals surface area contributed by atoms with Gasteiger partial charge in [-0.05, 0) is 81.8 Å². The second-order valence-electron chi connectivity index (χ2n) is 25.0. The molecular weight excluding hydrogens is 733 g/mol. The lowest BCUT2D eigenvalue weighted by Gasteiger charge is -2.30. The highest BCUT2D eigenvalue weighted by Crippen LogP contribution is 2.31. The molecule has 380 valence electrons. The van der Waals surface area contributed by atoms with Gasteiger partial charge in [-0.2, -0.15) is 0 Å². The maximum absolute atomic E-state index is 2.36. The third kappa shape index (κ3) is 71.9. The molecule has 61 heavy (non-hydrogen) atoms. The van der Waals surface area contributed by atoms with Gasteiger partial charge in [-0.15, -0.1) is 0 Å². The van der Waals surface area contributed by atoms with E-state index in [0.29, 0.717) is 16.2 Å². The van der Waals surface area contributed by atoms with Gasteiger partial charge >= 0.3 is 0 Å². The zero-order valence-corrected chi connectivity index (χ0v) is 50.0. The molecule has 0 bridgehead atoms. The second kappa shape index (κ2) is 47.9. The minimum absolute atomic E-state index is 0.480. The van der Waals surface area contributed by atoms with Crippen molar-refractivity contribution in [2.24, 2.45) is 75.4 Å². The van der Waals surface area contributed by atoms with Crippen molar-refractivity contribution in [2.75, 3.05) is 0 Å². The van der Waals surface area contributed by atoms with Crippen LogP contribution in [0, 0.1) is 75.4 Å². The summed E-state index contributed by atoms with van der Waals surface area (Å²) in [5.74, 6) is 8.92. The highest BCUT2D eigenvalue weighted by Gasteiger charge is 2.22. The number of hydrogen-bond donors (Lipinski definition) is 0. The molecule has 0 aromatic carbocycles. The summed E-state index contributed by atoms with van der Waals surface area (Å²) in [6, 6.07) is 0. The first-order chi connectivity index (χ1) is 27.7. The van der Waals surface area contributed by atoms with E-state index in [1.54, 1.807) is 0 Å². The van der Waals surface area contributed by atoms with Gasteiger partial charge in [0, 0.05) is 0 Å². The van der Waals surface area contributed by atoms with Crippen LogP contribution in [0.1, 0.15) is 323 Å². The summed E-state index contributed by atoms with van der Waals surface area (Å²) in [5.41, 5.74) is 1.49. The quantitative estimate of drug-likeness (QED) is 0.154. The third-order valence-corrected chi connectivity index (χ3v) is 14.0. The van der Waals surface area contributed by atoms with Gasteiger partial charge in [0.1, 0.15) is 0 Å². The summed E-state index contributed by atoms with van der Waals surface area (Å²) in [7, 11) is 0. The molecule has 0 spiro atoms. The van der Waals surface area contributed by atoms with Crippen LogP contribution in [0.3, 0.4) is 0 Å². The van der Waals surface area contributed by atoms with Gasteiger partial charge in [0.2, 0.25) is 0 Å². The van der Waals surface area contributed by atoms with E-state index in [0.717, 1.165) is 59.2 Å². The van der Waals surface area contributed by atoms with E-state index in [-0.39, 0.29) is 0 Å². The fraction of sp³-hybridized carbons (Fsp3) is 1.00. The molecule has 1 saturated carbocycles. The fourth-order valence-electron chi connectivity index (χ4n) is 5.96. The van der Waals surface area contributed by atoms with Crippen molar-refractivity contribution in [3.63, 3.8) is 0 Å². The maximum atomic E-state index is 2.36. The molecule has 0 radical (unpaired) electrons. The molecule has 0 aromatic heterocycles. The summed E-state index contributed by atoms with van der Waals surface area (Å²) < 4.78 is 0. The summed E-state index contributed by atoms with van der Waals surface area (Å²) in [4.78, 5) is 0. The summed E-state index contributed by atoms with van der Waals surface area (Å²) in [5, 5.41) is 0. The molecule has 0 aliphatic heterocycles. The third-order valence-electron chi connectivity index (χ3n) is 14.0. The Morgan fingerprint density at radius 1 is 0.410 bits per heavy atom. The molecule has 1 fully saturated rings. The maximum Gasteiger partial charge on any atom is -0.0354 e. The predicted molar refractivity (Wildman–Crippen MR) is 296 cm³/mol. The SMILES string of the molecule is CC(C)C(C)(C)C.CC(C)C(C)C(C)(C)C.CC1CCCCC1.CCC(C)C(C)(C)C.CCC(C)CC(C)C.CCCC(C)CC.CCCCC(C)C.CCCCC(C)CC. The topological polar surface area (TPSA) is 0 Å². The zero-order chi connectivity index (χ0) is 50.0. The lowest BCUT2D eigenvalue weighted by atomic mass is 9.76. The average molecular weight is 870 g/mol. The Morgan fingerprint density at radius 2 is 0.787 bits per heavy atom. The molecule has 5 atom stereocenters. The average Bonchev–Trinajstić information content (AvgIpc) is 3.16. The first kappa shape index (κ1) is 75.3. The Hall–Kier alpha value is 0. The van der Waals surface area contributed by atoms with Crippen LogP contribution in [0.15, 0.2) is 0 Å². The lowest BCUT2D eigenvalue weighted by Crippen LogP contribution is -2.21. The van der Waals surface area contributed by atoms with Gasteiger partial charge in [-0.25, -0.2) is 0 Å². The van der Waals surface area contributed by atoms with Crippen LogP contribution < -0.4 is 0 Å². The van der Waals surface area contributed by atoms with Crippen molar-refractivity contribution >= 4 is 0 Å². The van der Waals surface area contributed by atoms with Gasteiger partial charge in [0.25, 0.3) is 0 Å². The fourth-order valence-corrected chi connectivity index (χ4v) is 5.96. The standard InChI is InChI=1S/C9H20.3C8H18.C7H14.3C7H16/c1-7(2)8(3)9(4,5)6;1-6-7(2)8(3,4)5;1-5-8(4)6-7(2)3;1-4-6-7-8(3)5-2;1-7-5-3-2-4-6-7;1-6(2)7(3,4)5;1-4-5-6-7(2)3;1-4-6-7(3)5-2/h7-8H,1-6H3;7H,6H2,1-5H3;7-8H,5-6H2,1-4H3;8H,4-7H2,1-3H3;7H,2-6H2,1H3;6H,1-5H3;2*7H,4-6H2,1-3H3. The van der Waals surface area contributed by atoms with Crippen molar-refractivity contribution in [3.8, 4) is 0 Å². The van der Waals surface area contributed by atoms with Gasteiger partial charge in [-0.3, -0.25) is 0 Å². The van der Waals surface area contributed by atoms with Crippen LogP contribution in [0.5, 0.6) is 0 Å². The van der Waals surface area contributed by atoms with Crippen LogP contribution in [0.2, 0.25) is 0 Å². The van der Waals surface area contributed by atoms with Crippen molar-refractivity contribution in [3.05, 3.63) is 0 Å². The molecule has 0 heteroatoms. The van der Waals surface area contributed by atoms with E-state index in [9.17, 15) is 0 Å². The Labute approximate surface area is 397 Å². The summed E-state index contributed by atoms with van der Waals surface area (Å²) in [6.45, 7) is 68.5. The van der Waals surface area contributed by atoms with Gasteiger partial charge in [0.05, 0.1) is 0 Å². The van der Waals surface area contributed by atoms with Crippen LogP contribution in [0.25, 0.3) is 0 Å². The molecule has 0 heterocycles. The largest absolute Gasteiger partial charge is 0.0654 e. The molecule has 0 aromatic rings. The monoisotopic (exact) mass is 869 g/mol. The van der Waals surface area contributed by atoms with Crippen LogP contribution >= 0.6 is 0 Å². The Balaban J connectivity index is -0.000000109. The number of rotatable bonds is 15. The normalized spacial score (nSPS) is 15.4. The number of unbranched alkanes of at least 4 members (excludes halogenated alkanes) is 2. The Morgan fingerprint density at radius 3 is 0.918 bits per heavy atom. The Kier molecular flexibility index (Phi) is 59.2. The van der Waals surface area contributed by atoms with E-state index in [1.807, 2.05) is 0 Å². The van der Waals surface area contributed by atoms with Gasteiger partial charge in [0.15, 0.2) is 0 Å². The van der Waals surface area contributed by atoms with Crippen molar-refractivity contribution in [2.45, 2.75) is 323 Å².